The van der Waals surface area contributed by atoms with E-state index in [1.165, 1.54) is 64.2 Å². The Balaban J connectivity index is 3.07. The maximum Gasteiger partial charge on any atom is 0.151 e. The van der Waals surface area contributed by atoms with Gasteiger partial charge in [0.25, 0.3) is 0 Å². The van der Waals surface area contributed by atoms with Gasteiger partial charge >= 0.3 is 0 Å². The number of hydrogen-bond acceptors (Lipinski definition) is 4. The Labute approximate surface area is 150 Å². The molecule has 0 spiro atoms. The van der Waals surface area contributed by atoms with Gasteiger partial charge in [0.15, 0.2) is 6.29 Å². The van der Waals surface area contributed by atoms with Gasteiger partial charge in [0.2, 0.25) is 0 Å². The van der Waals surface area contributed by atoms with Crippen LogP contribution in [0.2, 0.25) is 0 Å². The van der Waals surface area contributed by atoms with Gasteiger partial charge in [-0.3, -0.25) is 5.32 Å². The van der Waals surface area contributed by atoms with Crippen LogP contribution in [0.15, 0.2) is 0 Å². The molecule has 0 aliphatic carbocycles. The first kappa shape index (κ1) is 23.8. The Hall–Kier alpha value is -0.160. The number of nitrogens with one attached hydrogen (secondary N) is 1. The minimum Gasteiger partial charge on any atom is -0.379 e. The number of unbranched alkanes of at least 4 members (excludes halogenated alkanes) is 12. The molecule has 146 valence electrons. The van der Waals surface area contributed by atoms with Crippen LogP contribution in [0.5, 0.6) is 0 Å². The zero-order valence-corrected chi connectivity index (χ0v) is 16.0. The summed E-state index contributed by atoms with van der Waals surface area (Å²) in [5.41, 5.74) is 0. The highest BCUT2D eigenvalue weighted by molar-refractivity contribution is 4.55. The molecule has 0 fully saturated rings. The van der Waals surface area contributed by atoms with Crippen molar-refractivity contribution in [3.63, 3.8) is 0 Å². The van der Waals surface area contributed by atoms with E-state index < -0.39 is 6.29 Å². The first-order chi connectivity index (χ1) is 11.7. The molecule has 0 rings (SSSR count). The van der Waals surface area contributed by atoms with E-state index in [1.807, 2.05) is 0 Å². The summed E-state index contributed by atoms with van der Waals surface area (Å²) in [6.45, 7) is 3.10. The summed E-state index contributed by atoms with van der Waals surface area (Å²) in [4.78, 5) is 0. The molecule has 0 aliphatic rings. The zero-order valence-electron chi connectivity index (χ0n) is 16.0. The summed E-state index contributed by atoms with van der Waals surface area (Å²) in [7, 11) is 0. The maximum atomic E-state index is 9.74. The molecule has 4 nitrogen and oxygen atoms in total. The minimum absolute atomic E-state index is 0.308. The van der Waals surface area contributed by atoms with E-state index in [9.17, 15) is 5.11 Å². The van der Waals surface area contributed by atoms with Crippen molar-refractivity contribution in [2.75, 3.05) is 6.54 Å². The third-order valence-electron chi connectivity index (χ3n) is 4.60. The Morgan fingerprint density at radius 3 is 1.42 bits per heavy atom. The predicted octanol–water partition coefficient (Wildman–Crippen LogP) is 4.47. The molecule has 4 N–H and O–H groups in total. The van der Waals surface area contributed by atoms with Gasteiger partial charge < -0.3 is 15.3 Å². The van der Waals surface area contributed by atoms with Gasteiger partial charge in [0.1, 0.15) is 6.23 Å². The lowest BCUT2D eigenvalue weighted by Crippen LogP contribution is -2.29. The number of aliphatic hydroxyl groups excluding tert-OH is 2. The van der Waals surface area contributed by atoms with Crippen LogP contribution in [0.4, 0.5) is 0 Å². The van der Waals surface area contributed by atoms with Gasteiger partial charge in [-0.2, -0.15) is 0 Å². The Kier molecular flexibility index (Phi) is 19.0. The Bertz CT molecular complexity index is 237. The molecule has 24 heavy (non-hydrogen) atoms. The van der Waals surface area contributed by atoms with Crippen molar-refractivity contribution in [3.05, 3.63) is 0 Å². The molecule has 0 aromatic carbocycles. The number of rotatable bonds is 19. The van der Waals surface area contributed by atoms with E-state index in [0.29, 0.717) is 6.42 Å². The van der Waals surface area contributed by atoms with Crippen molar-refractivity contribution >= 4 is 0 Å². The molecule has 0 radical (unpaired) electrons. The second-order valence-electron chi connectivity index (χ2n) is 7.12. The van der Waals surface area contributed by atoms with Gasteiger partial charge in [-0.1, -0.05) is 77.6 Å². The monoisotopic (exact) mass is 345 g/mol. The largest absolute Gasteiger partial charge is 0.379 e. The fourth-order valence-electron chi connectivity index (χ4n) is 2.98. The molecule has 0 heterocycles. The van der Waals surface area contributed by atoms with Crippen molar-refractivity contribution in [1.29, 1.82) is 0 Å². The molecule has 0 unspecified atom stereocenters. The van der Waals surface area contributed by atoms with Crippen LogP contribution in [0.3, 0.4) is 0 Å². The van der Waals surface area contributed by atoms with Crippen LogP contribution >= 0.6 is 0 Å². The topological polar surface area (TPSA) is 72.7 Å². The second kappa shape index (κ2) is 19.2. The molecule has 0 saturated heterocycles. The quantitative estimate of drug-likeness (QED) is 0.206. The van der Waals surface area contributed by atoms with Crippen LogP contribution in [-0.2, 0) is 0 Å². The van der Waals surface area contributed by atoms with Crippen LogP contribution in [0.25, 0.3) is 0 Å². The van der Waals surface area contributed by atoms with Crippen LogP contribution in [0.1, 0.15) is 110 Å². The molecule has 0 aromatic heterocycles. The summed E-state index contributed by atoms with van der Waals surface area (Å²) >= 11 is 0. The van der Waals surface area contributed by atoms with Crippen molar-refractivity contribution < 1.29 is 15.3 Å². The molecule has 4 heteroatoms. The van der Waals surface area contributed by atoms with E-state index >= 15 is 0 Å². The van der Waals surface area contributed by atoms with E-state index in [2.05, 4.69) is 12.2 Å². The Morgan fingerprint density at radius 1 is 0.583 bits per heavy atom. The van der Waals surface area contributed by atoms with Gasteiger partial charge in [-0.15, -0.1) is 0 Å². The highest BCUT2D eigenvalue weighted by Gasteiger charge is 2.01. The SMILES string of the molecule is CCCCN[C@@H](O)CCCCCCCCCCCCCCC(O)O. The average Bonchev–Trinajstić information content (AvgIpc) is 2.55. The van der Waals surface area contributed by atoms with E-state index in [1.54, 1.807) is 0 Å². The molecule has 0 bridgehead atoms. The number of hydrogen-bond donors (Lipinski definition) is 4. The van der Waals surface area contributed by atoms with Gasteiger partial charge in [-0.05, 0) is 38.6 Å². The molecular formula is C20H43NO3. The van der Waals surface area contributed by atoms with Crippen LogP contribution in [0, 0.1) is 0 Å². The third kappa shape index (κ3) is 19.9. The zero-order chi connectivity index (χ0) is 17.9. The van der Waals surface area contributed by atoms with Gasteiger partial charge in [0, 0.05) is 0 Å². The second-order valence-corrected chi connectivity index (χ2v) is 7.12. The van der Waals surface area contributed by atoms with Crippen LogP contribution in [-0.4, -0.2) is 34.4 Å². The maximum absolute atomic E-state index is 9.74. The van der Waals surface area contributed by atoms with Crippen molar-refractivity contribution in [2.24, 2.45) is 0 Å². The first-order valence-electron chi connectivity index (χ1n) is 10.4. The molecule has 0 amide bonds. The third-order valence-corrected chi connectivity index (χ3v) is 4.60. The summed E-state index contributed by atoms with van der Waals surface area (Å²) in [6.07, 6.45) is 17.2. The molecule has 0 aliphatic heterocycles. The lowest BCUT2D eigenvalue weighted by atomic mass is 10.0. The lowest BCUT2D eigenvalue weighted by molar-refractivity contribution is -0.0466. The standard InChI is InChI=1S/C20H43NO3/c1-2-3-18-21-19(22)16-14-12-10-8-6-4-5-7-9-11-13-15-17-20(23)24/h19-24H,2-18H2,1H3/t19-/m0/s1. The van der Waals surface area contributed by atoms with Gasteiger partial charge in [-0.25, -0.2) is 0 Å². The highest BCUT2D eigenvalue weighted by atomic mass is 16.5. The Morgan fingerprint density at radius 2 is 1.00 bits per heavy atom. The minimum atomic E-state index is -1.12. The van der Waals surface area contributed by atoms with Crippen molar-refractivity contribution in [3.8, 4) is 0 Å². The fraction of sp³-hybridized carbons (Fsp3) is 1.00. The smallest absolute Gasteiger partial charge is 0.151 e. The van der Waals surface area contributed by atoms with E-state index in [4.69, 9.17) is 10.2 Å². The molecular weight excluding hydrogens is 302 g/mol. The first-order valence-corrected chi connectivity index (χ1v) is 10.4. The summed E-state index contributed by atoms with van der Waals surface area (Å²) in [5.74, 6) is 0. The van der Waals surface area contributed by atoms with E-state index in [-0.39, 0.29) is 6.23 Å². The van der Waals surface area contributed by atoms with Gasteiger partial charge in [0.05, 0.1) is 0 Å². The predicted molar refractivity (Wildman–Crippen MR) is 102 cm³/mol. The fourth-order valence-corrected chi connectivity index (χ4v) is 2.98. The number of aliphatic hydroxyl groups is 3. The van der Waals surface area contributed by atoms with Crippen LogP contribution < -0.4 is 5.32 Å². The van der Waals surface area contributed by atoms with E-state index in [0.717, 1.165) is 38.6 Å². The molecule has 0 saturated carbocycles. The molecule has 1 atom stereocenters. The summed E-state index contributed by atoms with van der Waals surface area (Å²) in [5, 5.41) is 30.4. The molecule has 0 aromatic rings. The van der Waals surface area contributed by atoms with Crippen molar-refractivity contribution in [2.45, 2.75) is 122 Å². The lowest BCUT2D eigenvalue weighted by Gasteiger charge is -2.12. The average molecular weight is 346 g/mol. The summed E-state index contributed by atoms with van der Waals surface area (Å²) in [6, 6.07) is 0. The van der Waals surface area contributed by atoms with Crippen molar-refractivity contribution in [1.82, 2.24) is 5.32 Å². The highest BCUT2D eigenvalue weighted by Crippen LogP contribution is 2.13. The normalized spacial score (nSPS) is 12.9. The summed E-state index contributed by atoms with van der Waals surface area (Å²) < 4.78 is 0.